The normalized spacial score (nSPS) is 11.2. The molecule has 0 N–H and O–H groups in total. The average molecular weight is 445 g/mol. The summed E-state index contributed by atoms with van der Waals surface area (Å²) >= 11 is 0. The first-order chi connectivity index (χ1) is 15.2. The Labute approximate surface area is 183 Å². The summed E-state index contributed by atoms with van der Waals surface area (Å²) in [6.07, 6.45) is -2.40. The van der Waals surface area contributed by atoms with Gasteiger partial charge in [0.1, 0.15) is 17.3 Å². The zero-order chi connectivity index (χ0) is 23.3. The molecule has 9 heteroatoms. The number of aryl methyl sites for hydroxylation is 2. The van der Waals surface area contributed by atoms with Crippen LogP contribution in [0, 0.1) is 13.8 Å². The maximum absolute atomic E-state index is 12.5. The average Bonchev–Trinajstić information content (AvgIpc) is 2.72. The van der Waals surface area contributed by atoms with Gasteiger partial charge in [0.15, 0.2) is 0 Å². The number of hydrogen-bond donors (Lipinski definition) is 0. The van der Waals surface area contributed by atoms with Crippen molar-refractivity contribution in [3.8, 4) is 22.6 Å². The molecular formula is C23H22F3N3O3. The van der Waals surface area contributed by atoms with Crippen LogP contribution in [0.3, 0.4) is 0 Å². The van der Waals surface area contributed by atoms with Gasteiger partial charge in [-0.2, -0.15) is 0 Å². The Morgan fingerprint density at radius 2 is 1.84 bits per heavy atom. The lowest BCUT2D eigenvalue weighted by atomic mass is 9.98. The number of benzene rings is 2. The lowest BCUT2D eigenvalue weighted by Gasteiger charge is -2.19. The predicted molar refractivity (Wildman–Crippen MR) is 112 cm³/mol. The Balaban J connectivity index is 1.87. The third-order valence-electron chi connectivity index (χ3n) is 4.73. The highest BCUT2D eigenvalue weighted by Gasteiger charge is 2.31. The van der Waals surface area contributed by atoms with E-state index in [4.69, 9.17) is 4.74 Å². The number of methoxy groups -OCH3 is 1. The molecule has 2 aromatic carbocycles. The molecule has 6 nitrogen and oxygen atoms in total. The Morgan fingerprint density at radius 1 is 1.06 bits per heavy atom. The smallest absolute Gasteiger partial charge is 0.496 e. The van der Waals surface area contributed by atoms with E-state index < -0.39 is 6.36 Å². The second-order valence-corrected chi connectivity index (χ2v) is 7.18. The Kier molecular flexibility index (Phi) is 6.97. The van der Waals surface area contributed by atoms with Gasteiger partial charge in [0.05, 0.1) is 13.7 Å². The molecule has 0 aliphatic carbocycles. The largest absolute Gasteiger partial charge is 0.573 e. The number of rotatable bonds is 8. The maximum atomic E-state index is 12.5. The minimum atomic E-state index is -4.75. The number of nitrogens with zero attached hydrogens (tertiary/aromatic N) is 3. The number of aromatic nitrogens is 2. The van der Waals surface area contributed by atoms with E-state index in [9.17, 15) is 18.0 Å². The molecule has 3 rings (SSSR count). The lowest BCUT2D eigenvalue weighted by Crippen LogP contribution is -2.22. The van der Waals surface area contributed by atoms with Crippen LogP contribution in [-0.4, -0.2) is 34.8 Å². The number of hydrogen-bond acceptors (Lipinski definition) is 5. The van der Waals surface area contributed by atoms with Crippen molar-refractivity contribution in [3.63, 3.8) is 0 Å². The summed E-state index contributed by atoms with van der Waals surface area (Å²) in [4.78, 5) is 21.7. The fourth-order valence-corrected chi connectivity index (χ4v) is 3.33. The molecule has 1 amide bonds. The molecule has 3 aromatic rings. The molecular weight excluding hydrogens is 423 g/mol. The van der Waals surface area contributed by atoms with E-state index in [-0.39, 0.29) is 18.8 Å². The van der Waals surface area contributed by atoms with Crippen LogP contribution in [0.1, 0.15) is 22.6 Å². The van der Waals surface area contributed by atoms with Gasteiger partial charge in [0.25, 0.3) is 0 Å². The minimum Gasteiger partial charge on any atom is -0.496 e. The third-order valence-corrected chi connectivity index (χ3v) is 4.73. The van der Waals surface area contributed by atoms with E-state index in [1.165, 1.54) is 24.1 Å². The summed E-state index contributed by atoms with van der Waals surface area (Å²) in [5, 5.41) is 0. The molecule has 32 heavy (non-hydrogen) atoms. The van der Waals surface area contributed by atoms with Gasteiger partial charge in [-0.25, -0.2) is 9.97 Å². The van der Waals surface area contributed by atoms with E-state index in [0.717, 1.165) is 22.4 Å². The lowest BCUT2D eigenvalue weighted by molar-refractivity contribution is -0.274. The van der Waals surface area contributed by atoms with E-state index in [1.807, 2.05) is 19.1 Å². The van der Waals surface area contributed by atoms with Gasteiger partial charge in [-0.05, 0) is 60.9 Å². The summed E-state index contributed by atoms with van der Waals surface area (Å²) in [6, 6.07) is 11.4. The fraction of sp³-hybridized carbons (Fsp3) is 0.261. The number of ether oxygens (including phenoxy) is 2. The quantitative estimate of drug-likeness (QED) is 0.465. The van der Waals surface area contributed by atoms with Crippen molar-refractivity contribution in [2.45, 2.75) is 33.3 Å². The standard InChI is InChI=1S/C23H22F3N3O3/c1-15-10-19(32-23(24,25)26)5-6-20(15)17-4-7-21(31-3)18(11-17)12-29(14-30)13-22-27-9-8-16(2)28-22/h4-11,14H,12-13H2,1-3H3. The molecule has 0 aliphatic heterocycles. The van der Waals surface area contributed by atoms with Crippen molar-refractivity contribution >= 4 is 6.41 Å². The number of halogens is 3. The molecule has 0 aliphatic rings. The molecule has 0 unspecified atom stereocenters. The van der Waals surface area contributed by atoms with Gasteiger partial charge in [0, 0.05) is 24.0 Å². The number of carbonyl (C=O) groups excluding carboxylic acids is 1. The maximum Gasteiger partial charge on any atom is 0.573 e. The molecule has 0 bridgehead atoms. The first-order valence-electron chi connectivity index (χ1n) is 9.70. The zero-order valence-electron chi connectivity index (χ0n) is 17.8. The summed E-state index contributed by atoms with van der Waals surface area (Å²) in [6.45, 7) is 4.01. The summed E-state index contributed by atoms with van der Waals surface area (Å²) < 4.78 is 46.9. The van der Waals surface area contributed by atoms with Gasteiger partial charge in [-0.1, -0.05) is 12.1 Å². The monoisotopic (exact) mass is 445 g/mol. The fourth-order valence-electron chi connectivity index (χ4n) is 3.33. The molecule has 0 saturated carbocycles. The number of alkyl halides is 3. The first kappa shape index (κ1) is 23.1. The number of amides is 1. The van der Waals surface area contributed by atoms with Crippen molar-refractivity contribution in [2.24, 2.45) is 0 Å². The molecule has 1 aromatic heterocycles. The van der Waals surface area contributed by atoms with Crippen LogP contribution in [0.2, 0.25) is 0 Å². The number of carbonyl (C=O) groups is 1. The minimum absolute atomic E-state index is 0.223. The third kappa shape index (κ3) is 5.96. The van der Waals surface area contributed by atoms with Crippen molar-refractivity contribution in [2.75, 3.05) is 7.11 Å². The summed E-state index contributed by atoms with van der Waals surface area (Å²) in [7, 11) is 1.53. The highest BCUT2D eigenvalue weighted by atomic mass is 19.4. The van der Waals surface area contributed by atoms with Crippen LogP contribution in [0.15, 0.2) is 48.7 Å². The highest BCUT2D eigenvalue weighted by molar-refractivity contribution is 5.70. The Morgan fingerprint density at radius 3 is 2.47 bits per heavy atom. The van der Waals surface area contributed by atoms with Crippen LogP contribution >= 0.6 is 0 Å². The van der Waals surface area contributed by atoms with Crippen molar-refractivity contribution in [1.82, 2.24) is 14.9 Å². The molecule has 0 radical (unpaired) electrons. The van der Waals surface area contributed by atoms with Crippen LogP contribution in [0.5, 0.6) is 11.5 Å². The molecule has 0 saturated heterocycles. The molecule has 0 fully saturated rings. The molecule has 0 atom stereocenters. The van der Waals surface area contributed by atoms with E-state index in [0.29, 0.717) is 23.5 Å². The highest BCUT2D eigenvalue weighted by Crippen LogP contribution is 2.32. The van der Waals surface area contributed by atoms with Gasteiger partial charge in [0.2, 0.25) is 6.41 Å². The molecule has 0 spiro atoms. The van der Waals surface area contributed by atoms with Gasteiger partial charge in [-0.15, -0.1) is 13.2 Å². The molecule has 168 valence electrons. The molecule has 1 heterocycles. The zero-order valence-corrected chi connectivity index (χ0v) is 17.8. The van der Waals surface area contributed by atoms with E-state index >= 15 is 0 Å². The van der Waals surface area contributed by atoms with Crippen LogP contribution in [0.4, 0.5) is 13.2 Å². The summed E-state index contributed by atoms with van der Waals surface area (Å²) in [5.41, 5.74) is 3.66. The SMILES string of the molecule is COc1ccc(-c2ccc(OC(F)(F)F)cc2C)cc1CN(C=O)Cc1nccc(C)n1. The van der Waals surface area contributed by atoms with Crippen molar-refractivity contribution < 1.29 is 27.4 Å². The van der Waals surface area contributed by atoms with Crippen molar-refractivity contribution in [1.29, 1.82) is 0 Å². The first-order valence-corrected chi connectivity index (χ1v) is 9.70. The topological polar surface area (TPSA) is 64.6 Å². The summed E-state index contributed by atoms with van der Waals surface area (Å²) in [5.74, 6) is 0.821. The van der Waals surface area contributed by atoms with Crippen molar-refractivity contribution in [3.05, 3.63) is 71.3 Å². The predicted octanol–water partition coefficient (Wildman–Crippen LogP) is 4.83. The van der Waals surface area contributed by atoms with Gasteiger partial charge < -0.3 is 14.4 Å². The Bertz CT molecular complexity index is 1100. The van der Waals surface area contributed by atoms with Crippen LogP contribution in [0.25, 0.3) is 11.1 Å². The van der Waals surface area contributed by atoms with E-state index in [1.54, 1.807) is 31.3 Å². The second-order valence-electron chi connectivity index (χ2n) is 7.18. The van der Waals surface area contributed by atoms with Gasteiger partial charge in [-0.3, -0.25) is 4.79 Å². The van der Waals surface area contributed by atoms with Gasteiger partial charge >= 0.3 is 6.36 Å². The van der Waals surface area contributed by atoms with Crippen LogP contribution in [-0.2, 0) is 17.9 Å². The second kappa shape index (κ2) is 9.67. The van der Waals surface area contributed by atoms with Crippen LogP contribution < -0.4 is 9.47 Å². The Hall–Kier alpha value is -3.62. The van der Waals surface area contributed by atoms with E-state index in [2.05, 4.69) is 14.7 Å².